The fourth-order valence-electron chi connectivity index (χ4n) is 2.89. The molecule has 3 aromatic rings. The van der Waals surface area contributed by atoms with Crippen molar-refractivity contribution in [1.29, 1.82) is 0 Å². The summed E-state index contributed by atoms with van der Waals surface area (Å²) in [5, 5.41) is 2.22. The SMILES string of the molecule is COc1cc(CC(=O)Oc2ccc(Cl)c3ccccc23)cc(OC)c1OC. The molecule has 6 heteroatoms. The molecule has 0 amide bonds. The second-order valence-corrected chi connectivity index (χ2v) is 6.18. The van der Waals surface area contributed by atoms with Crippen LogP contribution in [0.2, 0.25) is 5.02 Å². The molecule has 0 aliphatic carbocycles. The molecule has 0 saturated heterocycles. The van der Waals surface area contributed by atoms with E-state index in [1.807, 2.05) is 24.3 Å². The Morgan fingerprint density at radius 3 is 2.07 bits per heavy atom. The van der Waals surface area contributed by atoms with E-state index in [0.717, 1.165) is 10.8 Å². The van der Waals surface area contributed by atoms with E-state index in [1.165, 1.54) is 21.3 Å². The van der Waals surface area contributed by atoms with Crippen LogP contribution in [-0.4, -0.2) is 27.3 Å². The first kappa shape index (κ1) is 18.9. The molecule has 0 N–H and O–H groups in total. The lowest BCUT2D eigenvalue weighted by Gasteiger charge is -2.14. The van der Waals surface area contributed by atoms with Gasteiger partial charge in [-0.3, -0.25) is 4.79 Å². The molecule has 0 aliphatic rings. The highest BCUT2D eigenvalue weighted by Gasteiger charge is 2.16. The Labute approximate surface area is 162 Å². The number of halogens is 1. The lowest BCUT2D eigenvalue weighted by Crippen LogP contribution is -2.12. The number of carbonyl (C=O) groups is 1. The van der Waals surface area contributed by atoms with Gasteiger partial charge in [0.15, 0.2) is 11.5 Å². The first-order valence-corrected chi connectivity index (χ1v) is 8.62. The molecule has 0 unspecified atom stereocenters. The van der Waals surface area contributed by atoms with Crippen LogP contribution in [-0.2, 0) is 11.2 Å². The zero-order valence-electron chi connectivity index (χ0n) is 15.2. The molecular formula is C21H19ClO5. The summed E-state index contributed by atoms with van der Waals surface area (Å²) in [6.07, 6.45) is 0.0493. The van der Waals surface area contributed by atoms with Crippen LogP contribution in [0.4, 0.5) is 0 Å². The van der Waals surface area contributed by atoms with Gasteiger partial charge in [0.1, 0.15) is 5.75 Å². The minimum Gasteiger partial charge on any atom is -0.493 e. The van der Waals surface area contributed by atoms with Gasteiger partial charge in [-0.1, -0.05) is 35.9 Å². The number of carbonyl (C=O) groups excluding carboxylic acids is 1. The Bertz CT molecular complexity index is 958. The summed E-state index contributed by atoms with van der Waals surface area (Å²) in [4.78, 5) is 12.5. The molecule has 0 saturated carbocycles. The highest BCUT2D eigenvalue weighted by Crippen LogP contribution is 2.38. The van der Waals surface area contributed by atoms with Gasteiger partial charge < -0.3 is 18.9 Å². The van der Waals surface area contributed by atoms with E-state index in [4.69, 9.17) is 30.5 Å². The second kappa shape index (κ2) is 8.18. The molecule has 5 nitrogen and oxygen atoms in total. The minimum absolute atomic E-state index is 0.0493. The Balaban J connectivity index is 1.86. The van der Waals surface area contributed by atoms with E-state index in [9.17, 15) is 4.79 Å². The van der Waals surface area contributed by atoms with Crippen LogP contribution in [0.1, 0.15) is 5.56 Å². The van der Waals surface area contributed by atoms with Crippen LogP contribution in [0.25, 0.3) is 10.8 Å². The van der Waals surface area contributed by atoms with E-state index < -0.39 is 5.97 Å². The highest BCUT2D eigenvalue weighted by atomic mass is 35.5. The van der Waals surface area contributed by atoms with Crippen molar-refractivity contribution in [2.45, 2.75) is 6.42 Å². The van der Waals surface area contributed by atoms with Crippen molar-refractivity contribution in [1.82, 2.24) is 0 Å². The molecular weight excluding hydrogens is 368 g/mol. The number of fused-ring (bicyclic) bond motifs is 1. The highest BCUT2D eigenvalue weighted by molar-refractivity contribution is 6.35. The van der Waals surface area contributed by atoms with Crippen molar-refractivity contribution < 1.29 is 23.7 Å². The van der Waals surface area contributed by atoms with Crippen LogP contribution in [0.15, 0.2) is 48.5 Å². The van der Waals surface area contributed by atoms with E-state index in [0.29, 0.717) is 33.6 Å². The molecule has 0 radical (unpaired) electrons. The maximum Gasteiger partial charge on any atom is 0.315 e. The van der Waals surface area contributed by atoms with E-state index in [1.54, 1.807) is 24.3 Å². The molecule has 0 bridgehead atoms. The van der Waals surface area contributed by atoms with Crippen molar-refractivity contribution in [2.75, 3.05) is 21.3 Å². The van der Waals surface area contributed by atoms with Gasteiger partial charge in [-0.2, -0.15) is 0 Å². The van der Waals surface area contributed by atoms with Crippen molar-refractivity contribution in [2.24, 2.45) is 0 Å². The molecule has 0 heterocycles. The van der Waals surface area contributed by atoms with E-state index in [-0.39, 0.29) is 6.42 Å². The van der Waals surface area contributed by atoms with Crippen LogP contribution < -0.4 is 18.9 Å². The predicted octanol–water partition coefficient (Wildman–Crippen LogP) is 4.67. The average Bonchev–Trinajstić information content (AvgIpc) is 2.69. The van der Waals surface area contributed by atoms with Gasteiger partial charge in [-0.15, -0.1) is 0 Å². The van der Waals surface area contributed by atoms with Crippen LogP contribution in [0, 0.1) is 0 Å². The van der Waals surface area contributed by atoms with Gasteiger partial charge in [-0.05, 0) is 29.8 Å². The summed E-state index contributed by atoms with van der Waals surface area (Å²) in [5.41, 5.74) is 0.688. The summed E-state index contributed by atoms with van der Waals surface area (Å²) in [7, 11) is 4.58. The number of hydrogen-bond acceptors (Lipinski definition) is 5. The largest absolute Gasteiger partial charge is 0.493 e. The number of hydrogen-bond donors (Lipinski definition) is 0. The number of rotatable bonds is 6. The quantitative estimate of drug-likeness (QED) is 0.455. The molecule has 0 aromatic heterocycles. The maximum absolute atomic E-state index is 12.5. The smallest absolute Gasteiger partial charge is 0.315 e. The Morgan fingerprint density at radius 1 is 0.852 bits per heavy atom. The van der Waals surface area contributed by atoms with E-state index in [2.05, 4.69) is 0 Å². The normalized spacial score (nSPS) is 10.5. The molecule has 3 rings (SSSR count). The Morgan fingerprint density at radius 2 is 1.48 bits per heavy atom. The average molecular weight is 387 g/mol. The van der Waals surface area contributed by atoms with Gasteiger partial charge in [0.05, 0.1) is 27.8 Å². The van der Waals surface area contributed by atoms with Crippen LogP contribution in [0.5, 0.6) is 23.0 Å². The third-order valence-corrected chi connectivity index (χ3v) is 4.46. The van der Waals surface area contributed by atoms with Crippen molar-refractivity contribution in [3.05, 3.63) is 59.1 Å². The van der Waals surface area contributed by atoms with Gasteiger partial charge in [0.2, 0.25) is 5.75 Å². The van der Waals surface area contributed by atoms with Crippen molar-refractivity contribution >= 4 is 28.3 Å². The predicted molar refractivity (Wildman–Crippen MR) is 104 cm³/mol. The molecule has 0 atom stereocenters. The fourth-order valence-corrected chi connectivity index (χ4v) is 3.11. The molecule has 3 aromatic carbocycles. The molecule has 27 heavy (non-hydrogen) atoms. The second-order valence-electron chi connectivity index (χ2n) is 5.78. The van der Waals surface area contributed by atoms with Gasteiger partial charge >= 0.3 is 5.97 Å². The molecule has 0 spiro atoms. The van der Waals surface area contributed by atoms with Gasteiger partial charge in [0, 0.05) is 15.8 Å². The summed E-state index contributed by atoms with van der Waals surface area (Å²) in [5.74, 6) is 1.50. The molecule has 140 valence electrons. The lowest BCUT2D eigenvalue weighted by molar-refractivity contribution is -0.133. The standard InChI is InChI=1S/C21H19ClO5/c1-24-18-10-13(11-19(25-2)21(18)26-3)12-20(23)27-17-9-8-16(22)14-6-4-5-7-15(14)17/h4-11H,12H2,1-3H3. The van der Waals surface area contributed by atoms with Crippen molar-refractivity contribution in [3.8, 4) is 23.0 Å². The Hall–Kier alpha value is -2.92. The topological polar surface area (TPSA) is 54.0 Å². The number of benzene rings is 3. The first-order chi connectivity index (χ1) is 13.1. The monoisotopic (exact) mass is 386 g/mol. The first-order valence-electron chi connectivity index (χ1n) is 8.24. The molecule has 0 aliphatic heterocycles. The van der Waals surface area contributed by atoms with Crippen LogP contribution >= 0.6 is 11.6 Å². The van der Waals surface area contributed by atoms with Gasteiger partial charge in [-0.25, -0.2) is 0 Å². The van der Waals surface area contributed by atoms with Gasteiger partial charge in [0.25, 0.3) is 0 Å². The third-order valence-electron chi connectivity index (χ3n) is 4.13. The fraction of sp³-hybridized carbons (Fsp3) is 0.190. The molecule has 0 fully saturated rings. The van der Waals surface area contributed by atoms with E-state index >= 15 is 0 Å². The Kier molecular flexibility index (Phi) is 5.72. The number of ether oxygens (including phenoxy) is 4. The summed E-state index contributed by atoms with van der Waals surface area (Å²) in [6.45, 7) is 0. The summed E-state index contributed by atoms with van der Waals surface area (Å²) < 4.78 is 21.5. The van der Waals surface area contributed by atoms with Crippen LogP contribution in [0.3, 0.4) is 0 Å². The minimum atomic E-state index is -0.406. The van der Waals surface area contributed by atoms with Crippen molar-refractivity contribution in [3.63, 3.8) is 0 Å². The zero-order chi connectivity index (χ0) is 19.4. The summed E-state index contributed by atoms with van der Waals surface area (Å²) >= 11 is 6.21. The third kappa shape index (κ3) is 3.93. The number of esters is 1. The zero-order valence-corrected chi connectivity index (χ0v) is 16.0. The summed E-state index contributed by atoms with van der Waals surface area (Å²) in [6, 6.07) is 14.4. The number of methoxy groups -OCH3 is 3. The maximum atomic E-state index is 12.5. The lowest BCUT2D eigenvalue weighted by atomic mass is 10.1.